The quantitative estimate of drug-likeness (QED) is 0.653. The van der Waals surface area contributed by atoms with Crippen molar-refractivity contribution in [2.45, 2.75) is 13.1 Å². The van der Waals surface area contributed by atoms with Crippen LogP contribution in [0, 0.1) is 0 Å². The van der Waals surface area contributed by atoms with Gasteiger partial charge in [-0.2, -0.15) is 0 Å². The molecule has 0 saturated carbocycles. The van der Waals surface area contributed by atoms with E-state index < -0.39 is 0 Å². The zero-order valence-corrected chi connectivity index (χ0v) is 15.3. The van der Waals surface area contributed by atoms with Crippen molar-refractivity contribution in [2.24, 2.45) is 0 Å². The molecule has 2 heterocycles. The van der Waals surface area contributed by atoms with Crippen LogP contribution in [0.1, 0.15) is 20.9 Å². The number of aromatic nitrogens is 1. The van der Waals surface area contributed by atoms with Gasteiger partial charge < -0.3 is 14.4 Å². The number of nitrogens with zero attached hydrogens (tertiary/aromatic N) is 2. The van der Waals surface area contributed by atoms with Crippen molar-refractivity contribution in [3.05, 3.63) is 75.2 Å². The average molecular weight is 387 g/mol. The topological polar surface area (TPSA) is 51.7 Å². The highest BCUT2D eigenvalue weighted by molar-refractivity contribution is 7.09. The lowest BCUT2D eigenvalue weighted by atomic mass is 10.1. The standard InChI is InChI=1S/C19H15ClN2O3S/c20-15-4-2-1-3-14(15)19(23)22(11-18-21-7-8-26-18)10-13-5-6-16-17(9-13)25-12-24-16/h1-9H,10-12H2. The molecule has 1 amide bonds. The number of benzene rings is 2. The Kier molecular flexibility index (Phi) is 4.77. The van der Waals surface area contributed by atoms with Crippen LogP contribution < -0.4 is 9.47 Å². The zero-order valence-electron chi connectivity index (χ0n) is 13.7. The van der Waals surface area contributed by atoms with Gasteiger partial charge in [0.2, 0.25) is 6.79 Å². The molecule has 132 valence electrons. The molecule has 0 saturated heterocycles. The molecule has 0 unspecified atom stereocenters. The largest absolute Gasteiger partial charge is 0.454 e. The van der Waals surface area contributed by atoms with E-state index in [1.165, 1.54) is 11.3 Å². The predicted molar refractivity (Wildman–Crippen MR) is 99.7 cm³/mol. The van der Waals surface area contributed by atoms with Crippen molar-refractivity contribution >= 4 is 28.8 Å². The van der Waals surface area contributed by atoms with Crippen LogP contribution in [-0.4, -0.2) is 22.6 Å². The highest BCUT2D eigenvalue weighted by Crippen LogP contribution is 2.33. The number of hydrogen-bond donors (Lipinski definition) is 0. The predicted octanol–water partition coefficient (Wildman–Crippen LogP) is 4.37. The first-order chi connectivity index (χ1) is 12.7. The van der Waals surface area contributed by atoms with E-state index in [1.54, 1.807) is 29.3 Å². The summed E-state index contributed by atoms with van der Waals surface area (Å²) in [5, 5.41) is 3.20. The third kappa shape index (κ3) is 3.52. The summed E-state index contributed by atoms with van der Waals surface area (Å²) in [5.74, 6) is 1.28. The van der Waals surface area contributed by atoms with Crippen LogP contribution >= 0.6 is 22.9 Å². The Morgan fingerprint density at radius 1 is 1.15 bits per heavy atom. The van der Waals surface area contributed by atoms with Crippen molar-refractivity contribution in [3.63, 3.8) is 0 Å². The second kappa shape index (κ2) is 7.35. The molecule has 5 nitrogen and oxygen atoms in total. The Bertz CT molecular complexity index is 930. The normalized spacial score (nSPS) is 12.2. The van der Waals surface area contributed by atoms with Crippen LogP contribution in [0.15, 0.2) is 54.0 Å². The van der Waals surface area contributed by atoms with Crippen molar-refractivity contribution in [1.82, 2.24) is 9.88 Å². The Labute approximate surface area is 159 Å². The third-order valence-corrected chi connectivity index (χ3v) is 5.11. The van der Waals surface area contributed by atoms with Gasteiger partial charge in [0, 0.05) is 18.1 Å². The molecule has 3 aromatic rings. The minimum atomic E-state index is -0.136. The van der Waals surface area contributed by atoms with Crippen molar-refractivity contribution in [2.75, 3.05) is 6.79 Å². The SMILES string of the molecule is O=C(c1ccccc1Cl)N(Cc1ccc2c(c1)OCO2)Cc1nccs1. The first kappa shape index (κ1) is 16.9. The maximum absolute atomic E-state index is 13.1. The molecule has 0 bridgehead atoms. The number of hydrogen-bond acceptors (Lipinski definition) is 5. The second-order valence-corrected chi connectivity index (χ2v) is 7.14. The van der Waals surface area contributed by atoms with E-state index in [0.29, 0.717) is 29.4 Å². The minimum Gasteiger partial charge on any atom is -0.454 e. The number of ether oxygens (including phenoxy) is 2. The van der Waals surface area contributed by atoms with Gasteiger partial charge in [-0.3, -0.25) is 4.79 Å². The van der Waals surface area contributed by atoms with Crippen LogP contribution in [0.4, 0.5) is 0 Å². The molecule has 2 aromatic carbocycles. The van der Waals surface area contributed by atoms with Crippen molar-refractivity contribution < 1.29 is 14.3 Å². The van der Waals surface area contributed by atoms with Crippen LogP contribution in [0.2, 0.25) is 5.02 Å². The van der Waals surface area contributed by atoms with E-state index >= 15 is 0 Å². The lowest BCUT2D eigenvalue weighted by Crippen LogP contribution is -2.30. The van der Waals surface area contributed by atoms with Crippen LogP contribution in [0.3, 0.4) is 0 Å². The maximum atomic E-state index is 13.1. The van der Waals surface area contributed by atoms with Gasteiger partial charge in [0.25, 0.3) is 5.91 Å². The van der Waals surface area contributed by atoms with Gasteiger partial charge in [-0.05, 0) is 29.8 Å². The molecule has 4 rings (SSSR count). The third-order valence-electron chi connectivity index (χ3n) is 4.01. The molecule has 7 heteroatoms. The number of fused-ring (bicyclic) bond motifs is 1. The van der Waals surface area contributed by atoms with Gasteiger partial charge in [0.15, 0.2) is 11.5 Å². The second-order valence-electron chi connectivity index (χ2n) is 5.75. The minimum absolute atomic E-state index is 0.136. The highest BCUT2D eigenvalue weighted by Gasteiger charge is 2.21. The van der Waals surface area contributed by atoms with Gasteiger partial charge in [-0.15, -0.1) is 11.3 Å². The van der Waals surface area contributed by atoms with Crippen LogP contribution in [0.25, 0.3) is 0 Å². The highest BCUT2D eigenvalue weighted by atomic mass is 35.5. The van der Waals surface area contributed by atoms with E-state index in [9.17, 15) is 4.79 Å². The smallest absolute Gasteiger partial charge is 0.256 e. The Morgan fingerprint density at radius 3 is 2.81 bits per heavy atom. The maximum Gasteiger partial charge on any atom is 0.256 e. The van der Waals surface area contributed by atoms with Gasteiger partial charge in [-0.1, -0.05) is 29.8 Å². The number of amides is 1. The van der Waals surface area contributed by atoms with E-state index in [-0.39, 0.29) is 12.7 Å². The number of halogens is 1. The number of thiazole rings is 1. The van der Waals surface area contributed by atoms with E-state index in [1.807, 2.05) is 29.6 Å². The Balaban J connectivity index is 1.62. The summed E-state index contributed by atoms with van der Waals surface area (Å²) >= 11 is 7.74. The Hall–Kier alpha value is -2.57. The monoisotopic (exact) mass is 386 g/mol. The van der Waals surface area contributed by atoms with Crippen LogP contribution in [-0.2, 0) is 13.1 Å². The molecule has 26 heavy (non-hydrogen) atoms. The van der Waals surface area contributed by atoms with Crippen LogP contribution in [0.5, 0.6) is 11.5 Å². The molecule has 0 N–H and O–H groups in total. The number of carbonyl (C=O) groups excluding carboxylic acids is 1. The summed E-state index contributed by atoms with van der Waals surface area (Å²) in [6.07, 6.45) is 1.73. The zero-order chi connectivity index (χ0) is 17.9. The summed E-state index contributed by atoms with van der Waals surface area (Å²) in [5.41, 5.74) is 1.43. The molecule has 0 atom stereocenters. The fourth-order valence-electron chi connectivity index (χ4n) is 2.76. The fraction of sp³-hybridized carbons (Fsp3) is 0.158. The molecule has 0 aliphatic carbocycles. The Morgan fingerprint density at radius 2 is 2.00 bits per heavy atom. The molecule has 1 aliphatic rings. The first-order valence-corrected chi connectivity index (χ1v) is 9.27. The summed E-state index contributed by atoms with van der Waals surface area (Å²) in [7, 11) is 0. The van der Waals surface area contributed by atoms with E-state index in [0.717, 1.165) is 16.3 Å². The summed E-state index contributed by atoms with van der Waals surface area (Å²) in [6, 6.07) is 12.8. The van der Waals surface area contributed by atoms with Gasteiger partial charge in [-0.25, -0.2) is 4.98 Å². The first-order valence-electron chi connectivity index (χ1n) is 8.01. The molecule has 1 aliphatic heterocycles. The van der Waals surface area contributed by atoms with Gasteiger partial charge in [0.1, 0.15) is 5.01 Å². The van der Waals surface area contributed by atoms with Gasteiger partial charge in [0.05, 0.1) is 17.1 Å². The van der Waals surface area contributed by atoms with Crippen molar-refractivity contribution in [3.8, 4) is 11.5 Å². The lowest BCUT2D eigenvalue weighted by Gasteiger charge is -2.22. The van der Waals surface area contributed by atoms with E-state index in [2.05, 4.69) is 4.98 Å². The summed E-state index contributed by atoms with van der Waals surface area (Å²) in [4.78, 5) is 19.1. The number of carbonyl (C=O) groups is 1. The number of rotatable bonds is 5. The van der Waals surface area contributed by atoms with Gasteiger partial charge >= 0.3 is 0 Å². The molecular formula is C19H15ClN2O3S. The van der Waals surface area contributed by atoms with Crippen molar-refractivity contribution in [1.29, 1.82) is 0 Å². The fourth-order valence-corrected chi connectivity index (χ4v) is 3.61. The molecule has 0 fully saturated rings. The summed E-state index contributed by atoms with van der Waals surface area (Å²) in [6.45, 7) is 1.05. The molecule has 1 aromatic heterocycles. The molecular weight excluding hydrogens is 372 g/mol. The lowest BCUT2D eigenvalue weighted by molar-refractivity contribution is 0.0730. The average Bonchev–Trinajstić information content (AvgIpc) is 3.32. The molecule has 0 radical (unpaired) electrons. The molecule has 0 spiro atoms. The van der Waals surface area contributed by atoms with E-state index in [4.69, 9.17) is 21.1 Å². The summed E-state index contributed by atoms with van der Waals surface area (Å²) < 4.78 is 10.8.